The number of carbonyl (C=O) groups excluding carboxylic acids is 1. The molecule has 3 aromatic rings. The summed E-state index contributed by atoms with van der Waals surface area (Å²) in [7, 11) is 3.13. The lowest BCUT2D eigenvalue weighted by atomic mass is 10.2. The topological polar surface area (TPSA) is 73.3 Å². The van der Waals surface area contributed by atoms with Gasteiger partial charge in [-0.1, -0.05) is 42.1 Å². The molecule has 3 rings (SSSR count). The van der Waals surface area contributed by atoms with E-state index in [0.717, 1.165) is 16.3 Å². The van der Waals surface area contributed by atoms with Crippen molar-refractivity contribution in [3.63, 3.8) is 0 Å². The molecule has 0 aliphatic heterocycles. The first-order chi connectivity index (χ1) is 13.6. The summed E-state index contributed by atoms with van der Waals surface area (Å²) in [4.78, 5) is 21.4. The van der Waals surface area contributed by atoms with Gasteiger partial charge in [0.1, 0.15) is 5.03 Å². The Kier molecular flexibility index (Phi) is 6.49. The lowest BCUT2D eigenvalue weighted by molar-refractivity contribution is -0.113. The molecule has 7 heteroatoms. The molecule has 1 amide bonds. The molecule has 0 fully saturated rings. The fourth-order valence-electron chi connectivity index (χ4n) is 2.58. The van der Waals surface area contributed by atoms with Crippen LogP contribution in [-0.2, 0) is 4.79 Å². The predicted octanol–water partition coefficient (Wildman–Crippen LogP) is 4.20. The highest BCUT2D eigenvalue weighted by Gasteiger charge is 2.10. The van der Waals surface area contributed by atoms with Gasteiger partial charge < -0.3 is 14.8 Å². The van der Waals surface area contributed by atoms with E-state index >= 15 is 0 Å². The number of amides is 1. The minimum Gasteiger partial charge on any atom is -0.493 e. The van der Waals surface area contributed by atoms with E-state index in [1.165, 1.54) is 11.8 Å². The van der Waals surface area contributed by atoms with E-state index < -0.39 is 0 Å². The zero-order valence-electron chi connectivity index (χ0n) is 15.9. The summed E-state index contributed by atoms with van der Waals surface area (Å²) >= 11 is 1.37. The van der Waals surface area contributed by atoms with E-state index in [0.29, 0.717) is 23.0 Å². The number of nitrogens with zero attached hydrogens (tertiary/aromatic N) is 2. The monoisotopic (exact) mass is 395 g/mol. The van der Waals surface area contributed by atoms with Crippen LogP contribution in [0.15, 0.2) is 59.6 Å². The second-order valence-corrected chi connectivity index (χ2v) is 6.94. The van der Waals surface area contributed by atoms with Crippen LogP contribution in [0, 0.1) is 6.92 Å². The van der Waals surface area contributed by atoms with Gasteiger partial charge in [-0.05, 0) is 25.1 Å². The molecule has 0 aliphatic carbocycles. The summed E-state index contributed by atoms with van der Waals surface area (Å²) in [5.74, 6) is 1.93. The van der Waals surface area contributed by atoms with Crippen LogP contribution in [0.3, 0.4) is 0 Å². The van der Waals surface area contributed by atoms with Crippen molar-refractivity contribution < 1.29 is 14.3 Å². The average Bonchev–Trinajstić information content (AvgIpc) is 2.72. The number of aromatic nitrogens is 2. The Hall–Kier alpha value is -3.06. The van der Waals surface area contributed by atoms with Crippen LogP contribution in [0.4, 0.5) is 5.69 Å². The normalized spacial score (nSPS) is 10.4. The Morgan fingerprint density at radius 3 is 2.46 bits per heavy atom. The van der Waals surface area contributed by atoms with E-state index in [1.807, 2.05) is 43.3 Å². The fraction of sp³-hybridized carbons (Fsp3) is 0.190. The summed E-state index contributed by atoms with van der Waals surface area (Å²) in [6, 6.07) is 16.9. The molecule has 0 radical (unpaired) electrons. The van der Waals surface area contributed by atoms with E-state index in [-0.39, 0.29) is 11.7 Å². The first kappa shape index (κ1) is 19.7. The highest BCUT2D eigenvalue weighted by atomic mass is 32.2. The minimum atomic E-state index is -0.130. The first-order valence-corrected chi connectivity index (χ1v) is 9.63. The van der Waals surface area contributed by atoms with Crippen LogP contribution in [0.5, 0.6) is 11.5 Å². The molecule has 1 aromatic heterocycles. The van der Waals surface area contributed by atoms with E-state index in [1.54, 1.807) is 32.4 Å². The van der Waals surface area contributed by atoms with Crippen LogP contribution >= 0.6 is 11.8 Å². The molecule has 1 heterocycles. The van der Waals surface area contributed by atoms with Crippen molar-refractivity contribution in [2.24, 2.45) is 0 Å². The zero-order chi connectivity index (χ0) is 19.9. The van der Waals surface area contributed by atoms with E-state index in [2.05, 4.69) is 15.3 Å². The molecule has 0 aliphatic rings. The van der Waals surface area contributed by atoms with Gasteiger partial charge in [0.15, 0.2) is 17.3 Å². The van der Waals surface area contributed by atoms with Gasteiger partial charge in [-0.2, -0.15) is 0 Å². The number of hydrogen-bond acceptors (Lipinski definition) is 6. The third kappa shape index (κ3) is 5.01. The smallest absolute Gasteiger partial charge is 0.234 e. The molecule has 0 atom stereocenters. The number of methoxy groups -OCH3 is 2. The van der Waals surface area contributed by atoms with Gasteiger partial charge in [0, 0.05) is 23.0 Å². The molecule has 144 valence electrons. The van der Waals surface area contributed by atoms with Crippen molar-refractivity contribution >= 4 is 23.4 Å². The first-order valence-electron chi connectivity index (χ1n) is 8.65. The minimum absolute atomic E-state index is 0.130. The third-order valence-electron chi connectivity index (χ3n) is 3.88. The molecular formula is C21H21N3O3S. The summed E-state index contributed by atoms with van der Waals surface area (Å²) in [5, 5.41) is 3.62. The van der Waals surface area contributed by atoms with Crippen molar-refractivity contribution in [3.05, 3.63) is 60.3 Å². The Morgan fingerprint density at radius 1 is 1.00 bits per heavy atom. The summed E-state index contributed by atoms with van der Waals surface area (Å²) in [6.07, 6.45) is 0. The summed E-state index contributed by atoms with van der Waals surface area (Å²) in [6.45, 7) is 1.92. The highest BCUT2D eigenvalue weighted by molar-refractivity contribution is 7.99. The molecule has 0 saturated carbocycles. The maximum Gasteiger partial charge on any atom is 0.234 e. The Morgan fingerprint density at radius 2 is 1.75 bits per heavy atom. The average molecular weight is 395 g/mol. The van der Waals surface area contributed by atoms with Gasteiger partial charge in [0.25, 0.3) is 0 Å². The van der Waals surface area contributed by atoms with Crippen LogP contribution in [0.1, 0.15) is 5.69 Å². The maximum absolute atomic E-state index is 12.3. The highest BCUT2D eigenvalue weighted by Crippen LogP contribution is 2.30. The van der Waals surface area contributed by atoms with Gasteiger partial charge in [-0.15, -0.1) is 0 Å². The molecule has 1 N–H and O–H groups in total. The number of carbonyl (C=O) groups is 1. The molecule has 0 bridgehead atoms. The van der Waals surface area contributed by atoms with Gasteiger partial charge in [-0.3, -0.25) is 4.79 Å². The zero-order valence-corrected chi connectivity index (χ0v) is 16.7. The predicted molar refractivity (Wildman–Crippen MR) is 111 cm³/mol. The van der Waals surface area contributed by atoms with Crippen molar-refractivity contribution in [1.82, 2.24) is 9.97 Å². The van der Waals surface area contributed by atoms with Crippen molar-refractivity contribution in [2.45, 2.75) is 11.9 Å². The molecular weight excluding hydrogens is 374 g/mol. The second-order valence-electron chi connectivity index (χ2n) is 5.94. The van der Waals surface area contributed by atoms with Crippen molar-refractivity contribution in [3.8, 4) is 22.9 Å². The molecule has 0 saturated heterocycles. The van der Waals surface area contributed by atoms with Gasteiger partial charge in [0.05, 0.1) is 20.0 Å². The molecule has 0 unspecified atom stereocenters. The molecule has 28 heavy (non-hydrogen) atoms. The summed E-state index contributed by atoms with van der Waals surface area (Å²) in [5.41, 5.74) is 2.45. The Balaban J connectivity index is 1.66. The number of rotatable bonds is 7. The van der Waals surface area contributed by atoms with Crippen LogP contribution in [-0.4, -0.2) is 35.8 Å². The number of ether oxygens (including phenoxy) is 2. The number of thioether (sulfide) groups is 1. The van der Waals surface area contributed by atoms with Crippen molar-refractivity contribution in [1.29, 1.82) is 0 Å². The lowest BCUT2D eigenvalue weighted by Gasteiger charge is -2.10. The third-order valence-corrected chi connectivity index (χ3v) is 4.79. The summed E-state index contributed by atoms with van der Waals surface area (Å²) < 4.78 is 10.5. The van der Waals surface area contributed by atoms with E-state index in [4.69, 9.17) is 9.47 Å². The number of nitrogens with one attached hydrogen (secondary N) is 1. The standard InChI is InChI=1S/C21H21N3O3S/c1-14-11-20(24-21(22-14)15-7-5-4-6-8-15)28-13-19(25)23-16-9-10-17(26-2)18(12-16)27-3/h4-12H,13H2,1-3H3,(H,23,25). The number of anilines is 1. The van der Waals surface area contributed by atoms with E-state index in [9.17, 15) is 4.79 Å². The second kappa shape index (κ2) is 9.23. The van der Waals surface area contributed by atoms with Gasteiger partial charge in [-0.25, -0.2) is 9.97 Å². The van der Waals surface area contributed by atoms with Crippen LogP contribution < -0.4 is 14.8 Å². The van der Waals surface area contributed by atoms with Gasteiger partial charge in [0.2, 0.25) is 5.91 Å². The largest absolute Gasteiger partial charge is 0.493 e. The lowest BCUT2D eigenvalue weighted by Crippen LogP contribution is -2.14. The number of aryl methyl sites for hydroxylation is 1. The van der Waals surface area contributed by atoms with Crippen LogP contribution in [0.2, 0.25) is 0 Å². The number of benzene rings is 2. The quantitative estimate of drug-likeness (QED) is 0.477. The maximum atomic E-state index is 12.3. The molecule has 6 nitrogen and oxygen atoms in total. The number of hydrogen-bond donors (Lipinski definition) is 1. The SMILES string of the molecule is COc1ccc(NC(=O)CSc2cc(C)nc(-c3ccccc3)n2)cc1OC. The molecule has 0 spiro atoms. The fourth-order valence-corrected chi connectivity index (χ4v) is 3.34. The van der Waals surface area contributed by atoms with Crippen LogP contribution in [0.25, 0.3) is 11.4 Å². The van der Waals surface area contributed by atoms with Gasteiger partial charge >= 0.3 is 0 Å². The Labute approximate surface area is 168 Å². The Bertz CT molecular complexity index is 964. The molecule has 2 aromatic carbocycles. The van der Waals surface area contributed by atoms with Crippen molar-refractivity contribution in [2.75, 3.05) is 25.3 Å².